The molecule has 0 N–H and O–H groups in total. The van der Waals surface area contributed by atoms with Crippen molar-refractivity contribution in [1.82, 2.24) is 0 Å². The summed E-state index contributed by atoms with van der Waals surface area (Å²) in [5.41, 5.74) is 0.131. The highest BCUT2D eigenvalue weighted by atomic mass is 19.1. The molecule has 0 radical (unpaired) electrons. The van der Waals surface area contributed by atoms with E-state index in [9.17, 15) is 4.79 Å². The summed E-state index contributed by atoms with van der Waals surface area (Å²) in [6.45, 7) is 4.31. The van der Waals surface area contributed by atoms with Gasteiger partial charge in [-0.15, -0.1) is 0 Å². The Morgan fingerprint density at radius 2 is 1.72 bits per heavy atom. The second-order valence-electron chi connectivity index (χ2n) is 9.72. The lowest BCUT2D eigenvalue weighted by atomic mass is 9.79. The van der Waals surface area contributed by atoms with Gasteiger partial charge in [0.15, 0.2) is 0 Å². The Kier molecular flexibility index (Phi) is 10.0. The van der Waals surface area contributed by atoms with Gasteiger partial charge in [-0.2, -0.15) is 0 Å². The van der Waals surface area contributed by atoms with Gasteiger partial charge in [-0.05, 0) is 80.7 Å². The van der Waals surface area contributed by atoms with Gasteiger partial charge in [-0.3, -0.25) is 0 Å². The highest BCUT2D eigenvalue weighted by Crippen LogP contribution is 2.33. The summed E-state index contributed by atoms with van der Waals surface area (Å²) >= 11 is 0. The SMILES string of the molecule is C/C=C/C1CCC(CCc2ccc3cc(CCCCCCCCC)oc(=O)c3c2F)CC1. The van der Waals surface area contributed by atoms with Gasteiger partial charge < -0.3 is 4.42 Å². The van der Waals surface area contributed by atoms with Crippen LogP contribution in [0.1, 0.15) is 102 Å². The monoisotopic (exact) mass is 440 g/mol. The number of hydrogen-bond donors (Lipinski definition) is 0. The summed E-state index contributed by atoms with van der Waals surface area (Å²) in [6.07, 6.45) is 20.4. The van der Waals surface area contributed by atoms with E-state index >= 15 is 4.39 Å². The van der Waals surface area contributed by atoms with Crippen LogP contribution in [0, 0.1) is 17.7 Å². The molecule has 1 heterocycles. The Morgan fingerprint density at radius 1 is 1.00 bits per heavy atom. The van der Waals surface area contributed by atoms with Crippen molar-refractivity contribution < 1.29 is 8.81 Å². The van der Waals surface area contributed by atoms with Crippen LogP contribution in [-0.4, -0.2) is 0 Å². The smallest absolute Gasteiger partial charge is 0.346 e. The Labute approximate surface area is 193 Å². The van der Waals surface area contributed by atoms with E-state index in [-0.39, 0.29) is 11.2 Å². The maximum absolute atomic E-state index is 15.2. The zero-order valence-electron chi connectivity index (χ0n) is 20.1. The fourth-order valence-electron chi connectivity index (χ4n) is 5.21. The molecule has 2 aromatic rings. The van der Waals surface area contributed by atoms with E-state index < -0.39 is 5.63 Å². The average Bonchev–Trinajstić information content (AvgIpc) is 2.79. The van der Waals surface area contributed by atoms with Crippen molar-refractivity contribution in [3.05, 3.63) is 57.9 Å². The first-order chi connectivity index (χ1) is 15.6. The summed E-state index contributed by atoms with van der Waals surface area (Å²) in [4.78, 5) is 12.6. The third kappa shape index (κ3) is 7.05. The van der Waals surface area contributed by atoms with Crippen LogP contribution in [0.15, 0.2) is 39.6 Å². The first-order valence-corrected chi connectivity index (χ1v) is 13.0. The van der Waals surface area contributed by atoms with Gasteiger partial charge in [0.1, 0.15) is 17.0 Å². The molecule has 1 aromatic carbocycles. The van der Waals surface area contributed by atoms with Crippen molar-refractivity contribution in [2.45, 2.75) is 104 Å². The molecule has 1 aliphatic rings. The van der Waals surface area contributed by atoms with Crippen molar-refractivity contribution in [2.75, 3.05) is 0 Å². The van der Waals surface area contributed by atoms with Gasteiger partial charge in [0.25, 0.3) is 0 Å². The molecule has 0 aliphatic heterocycles. The lowest BCUT2D eigenvalue weighted by Crippen LogP contribution is -2.14. The van der Waals surface area contributed by atoms with E-state index in [0.29, 0.717) is 35.0 Å². The molecule has 0 bridgehead atoms. The molecule has 3 rings (SSSR count). The lowest BCUT2D eigenvalue weighted by Gasteiger charge is -2.26. The van der Waals surface area contributed by atoms with E-state index in [0.717, 1.165) is 25.7 Å². The molecule has 1 aromatic heterocycles. The van der Waals surface area contributed by atoms with E-state index in [1.807, 2.05) is 18.2 Å². The molecule has 0 spiro atoms. The normalized spacial score (nSPS) is 19.2. The van der Waals surface area contributed by atoms with Crippen LogP contribution < -0.4 is 5.63 Å². The third-order valence-electron chi connectivity index (χ3n) is 7.20. The van der Waals surface area contributed by atoms with Crippen molar-refractivity contribution in [3.8, 4) is 0 Å². The minimum atomic E-state index is -0.522. The van der Waals surface area contributed by atoms with Crippen LogP contribution in [0.25, 0.3) is 10.8 Å². The molecular weight excluding hydrogens is 399 g/mol. The summed E-state index contributed by atoms with van der Waals surface area (Å²) in [7, 11) is 0. The van der Waals surface area contributed by atoms with Crippen LogP contribution in [0.5, 0.6) is 0 Å². The van der Waals surface area contributed by atoms with Gasteiger partial charge >= 0.3 is 5.63 Å². The highest BCUT2D eigenvalue weighted by Gasteiger charge is 2.20. The molecule has 1 fully saturated rings. The second-order valence-corrected chi connectivity index (χ2v) is 9.72. The minimum absolute atomic E-state index is 0.127. The predicted molar refractivity (Wildman–Crippen MR) is 133 cm³/mol. The molecule has 0 unspecified atom stereocenters. The third-order valence-corrected chi connectivity index (χ3v) is 7.20. The Morgan fingerprint density at radius 3 is 2.44 bits per heavy atom. The van der Waals surface area contributed by atoms with Gasteiger partial charge in [0.2, 0.25) is 0 Å². The number of halogens is 1. The van der Waals surface area contributed by atoms with Crippen LogP contribution in [-0.2, 0) is 12.8 Å². The topological polar surface area (TPSA) is 30.2 Å². The van der Waals surface area contributed by atoms with E-state index in [4.69, 9.17) is 4.42 Å². The molecule has 1 saturated carbocycles. The lowest BCUT2D eigenvalue weighted by molar-refractivity contribution is 0.295. The first-order valence-electron chi connectivity index (χ1n) is 13.0. The predicted octanol–water partition coefficient (Wildman–Crippen LogP) is 8.54. The molecular formula is C29H41FO2. The standard InChI is InChI=1S/C29H41FO2/c1-3-5-6-7-8-9-10-12-26-21-25-20-19-24(28(30)27(25)29(31)32-26)18-17-23-15-13-22(11-4-2)14-16-23/h4,11,19-23H,3,5-10,12-18H2,1-2H3/b11-4+. The number of benzene rings is 1. The quantitative estimate of drug-likeness (QED) is 0.244. The Hall–Kier alpha value is -1.90. The van der Waals surface area contributed by atoms with E-state index in [1.165, 1.54) is 57.8 Å². The number of hydrogen-bond acceptors (Lipinski definition) is 2. The summed E-state index contributed by atoms with van der Waals surface area (Å²) < 4.78 is 20.7. The van der Waals surface area contributed by atoms with Gasteiger partial charge in [-0.25, -0.2) is 9.18 Å². The number of fused-ring (bicyclic) bond motifs is 1. The summed E-state index contributed by atoms with van der Waals surface area (Å²) in [6, 6.07) is 5.64. The number of unbranched alkanes of at least 4 members (excludes halogenated alkanes) is 6. The Bertz CT molecular complexity index is 919. The molecule has 176 valence electrons. The molecule has 0 atom stereocenters. The Balaban J connectivity index is 1.55. The second kappa shape index (κ2) is 13.0. The van der Waals surface area contributed by atoms with Crippen LogP contribution >= 0.6 is 0 Å². The molecule has 1 aliphatic carbocycles. The molecule has 0 amide bonds. The number of allylic oxidation sites excluding steroid dienone is 2. The van der Waals surface area contributed by atoms with Crippen molar-refractivity contribution >= 4 is 10.8 Å². The molecule has 0 saturated heterocycles. The van der Waals surface area contributed by atoms with Crippen LogP contribution in [0.3, 0.4) is 0 Å². The maximum Gasteiger partial charge on any atom is 0.346 e. The fourth-order valence-corrected chi connectivity index (χ4v) is 5.21. The van der Waals surface area contributed by atoms with Gasteiger partial charge in [-0.1, -0.05) is 69.7 Å². The largest absolute Gasteiger partial charge is 0.427 e. The fraction of sp³-hybridized carbons (Fsp3) is 0.621. The average molecular weight is 441 g/mol. The minimum Gasteiger partial charge on any atom is -0.427 e. The summed E-state index contributed by atoms with van der Waals surface area (Å²) in [5, 5.41) is 0.801. The number of aryl methyl sites for hydroxylation is 2. The zero-order chi connectivity index (χ0) is 22.8. The van der Waals surface area contributed by atoms with Gasteiger partial charge in [0, 0.05) is 6.42 Å². The highest BCUT2D eigenvalue weighted by molar-refractivity contribution is 5.82. The van der Waals surface area contributed by atoms with Crippen molar-refractivity contribution in [2.24, 2.45) is 11.8 Å². The summed E-state index contributed by atoms with van der Waals surface area (Å²) in [5.74, 6) is 1.68. The van der Waals surface area contributed by atoms with E-state index in [1.54, 1.807) is 0 Å². The molecule has 2 nitrogen and oxygen atoms in total. The molecule has 32 heavy (non-hydrogen) atoms. The molecule has 3 heteroatoms. The zero-order valence-corrected chi connectivity index (χ0v) is 20.1. The number of rotatable bonds is 12. The maximum atomic E-state index is 15.2. The van der Waals surface area contributed by atoms with Crippen LogP contribution in [0.4, 0.5) is 4.39 Å². The first kappa shape index (κ1) is 24.7. The van der Waals surface area contributed by atoms with Gasteiger partial charge in [0.05, 0.1) is 0 Å². The van der Waals surface area contributed by atoms with Crippen molar-refractivity contribution in [1.29, 1.82) is 0 Å². The van der Waals surface area contributed by atoms with Crippen molar-refractivity contribution in [3.63, 3.8) is 0 Å². The van der Waals surface area contributed by atoms with E-state index in [2.05, 4.69) is 26.0 Å². The van der Waals surface area contributed by atoms with Crippen LogP contribution in [0.2, 0.25) is 0 Å².